The molecule has 0 bridgehead atoms. The van der Waals surface area contributed by atoms with Crippen LogP contribution in [0.4, 0.5) is 11.4 Å². The molecule has 3 aromatic rings. The van der Waals surface area contributed by atoms with Gasteiger partial charge in [-0.25, -0.2) is 4.98 Å². The zero-order valence-corrected chi connectivity index (χ0v) is 21.6. The number of benzene rings is 1. The summed E-state index contributed by atoms with van der Waals surface area (Å²) in [5.41, 5.74) is 11.2. The van der Waals surface area contributed by atoms with E-state index in [-0.39, 0.29) is 11.4 Å². The summed E-state index contributed by atoms with van der Waals surface area (Å²) in [4.78, 5) is 23.6. The van der Waals surface area contributed by atoms with Gasteiger partial charge in [0, 0.05) is 49.3 Å². The second-order valence-corrected chi connectivity index (χ2v) is 11.6. The number of carbonyl (C=O) groups is 1. The lowest BCUT2D eigenvalue weighted by Gasteiger charge is -2.43. The van der Waals surface area contributed by atoms with Crippen LogP contribution >= 0.6 is 11.3 Å². The molecule has 3 heterocycles. The summed E-state index contributed by atoms with van der Waals surface area (Å²) in [5.74, 6) is -0.167. The lowest BCUT2D eigenvalue weighted by molar-refractivity contribution is 0.0959. The number of amides is 1. The highest BCUT2D eigenvalue weighted by molar-refractivity contribution is 7.21. The highest BCUT2D eigenvalue weighted by Gasteiger charge is 2.27. The molecule has 1 aliphatic carbocycles. The van der Waals surface area contributed by atoms with E-state index in [9.17, 15) is 9.90 Å². The van der Waals surface area contributed by atoms with Crippen LogP contribution in [0.3, 0.4) is 0 Å². The first-order chi connectivity index (χ1) is 16.7. The second-order valence-electron chi connectivity index (χ2n) is 10.6. The van der Waals surface area contributed by atoms with Crippen molar-refractivity contribution < 1.29 is 9.90 Å². The van der Waals surface area contributed by atoms with Crippen LogP contribution < -0.4 is 16.0 Å². The minimum atomic E-state index is -0.519. The number of nitrogens with two attached hydrogens (primary N) is 1. The number of hydrogen-bond donors (Lipinski definition) is 3. The maximum Gasteiger partial charge on any atom is 0.263 e. The molecular weight excluding hydrogens is 458 g/mol. The molecule has 1 amide bonds. The molecule has 0 saturated carbocycles. The molecule has 2 aromatic heterocycles. The van der Waals surface area contributed by atoms with Gasteiger partial charge in [-0.05, 0) is 69.4 Å². The average molecular weight is 494 g/mol. The number of nitrogens with zero attached hydrogens (tertiary/aromatic N) is 3. The Bertz CT molecular complexity index is 1220. The third-order valence-corrected chi connectivity index (χ3v) is 8.39. The lowest BCUT2D eigenvalue weighted by Crippen LogP contribution is -2.53. The van der Waals surface area contributed by atoms with Gasteiger partial charge in [0.05, 0.1) is 17.5 Å². The summed E-state index contributed by atoms with van der Waals surface area (Å²) in [6, 6.07) is 10.7. The monoisotopic (exact) mass is 493 g/mol. The minimum absolute atomic E-state index is 0.167. The molecule has 4 N–H and O–H groups in total. The lowest BCUT2D eigenvalue weighted by atomic mass is 10.0. The largest absolute Gasteiger partial charge is 0.397 e. The first-order valence-electron chi connectivity index (χ1n) is 12.5. The molecule has 0 radical (unpaired) electrons. The van der Waals surface area contributed by atoms with Gasteiger partial charge >= 0.3 is 0 Å². The van der Waals surface area contributed by atoms with Crippen molar-refractivity contribution in [3.05, 3.63) is 52.0 Å². The number of aliphatic hydroxyl groups excluding tert-OH is 1. The number of pyridine rings is 1. The van der Waals surface area contributed by atoms with Crippen molar-refractivity contribution in [2.45, 2.75) is 51.7 Å². The van der Waals surface area contributed by atoms with E-state index < -0.39 is 6.10 Å². The predicted molar refractivity (Wildman–Crippen MR) is 143 cm³/mol. The Morgan fingerprint density at radius 2 is 1.91 bits per heavy atom. The maximum atomic E-state index is 12.8. The van der Waals surface area contributed by atoms with E-state index in [2.05, 4.69) is 65.1 Å². The average Bonchev–Trinajstić information content (AvgIpc) is 3.37. The van der Waals surface area contributed by atoms with Crippen molar-refractivity contribution in [1.29, 1.82) is 0 Å². The van der Waals surface area contributed by atoms with E-state index in [0.717, 1.165) is 55.7 Å². The van der Waals surface area contributed by atoms with Gasteiger partial charge < -0.3 is 21.1 Å². The number of fused-ring (bicyclic) bond motifs is 2. The number of aliphatic hydroxyl groups is 1. The maximum absolute atomic E-state index is 12.8. The number of rotatable bonds is 5. The van der Waals surface area contributed by atoms with E-state index in [1.54, 1.807) is 0 Å². The first-order valence-corrected chi connectivity index (χ1v) is 13.3. The van der Waals surface area contributed by atoms with E-state index in [1.807, 2.05) is 6.07 Å². The van der Waals surface area contributed by atoms with Crippen LogP contribution in [0.5, 0.6) is 0 Å². The molecule has 1 atom stereocenters. The Morgan fingerprint density at radius 3 is 2.60 bits per heavy atom. The van der Waals surface area contributed by atoms with Crippen molar-refractivity contribution in [2.75, 3.05) is 43.4 Å². The number of anilines is 2. The SMILES string of the molecule is CC(C)(C)N1CCN(c2ccc(CCNC(=O)c3sc4nc5c(cc4c3N)CCC5O)cc2)CC1. The van der Waals surface area contributed by atoms with Gasteiger partial charge in [0.1, 0.15) is 9.71 Å². The molecule has 35 heavy (non-hydrogen) atoms. The van der Waals surface area contributed by atoms with Gasteiger partial charge in [-0.15, -0.1) is 11.3 Å². The fourth-order valence-corrected chi connectivity index (χ4v) is 6.09. The van der Waals surface area contributed by atoms with E-state index in [1.165, 1.54) is 22.6 Å². The van der Waals surface area contributed by atoms with Gasteiger partial charge in [0.25, 0.3) is 5.91 Å². The van der Waals surface area contributed by atoms with Gasteiger partial charge in [0.15, 0.2) is 0 Å². The Morgan fingerprint density at radius 1 is 1.20 bits per heavy atom. The molecule has 0 spiro atoms. The molecule has 1 aromatic carbocycles. The molecule has 2 aliphatic rings. The highest BCUT2D eigenvalue weighted by Crippen LogP contribution is 2.38. The molecule has 1 aliphatic heterocycles. The van der Waals surface area contributed by atoms with Crippen LogP contribution in [0.25, 0.3) is 10.2 Å². The number of piperazine rings is 1. The summed E-state index contributed by atoms with van der Waals surface area (Å²) < 4.78 is 0. The Labute approximate surface area is 210 Å². The summed E-state index contributed by atoms with van der Waals surface area (Å²) >= 11 is 1.30. The zero-order valence-electron chi connectivity index (χ0n) is 20.8. The summed E-state index contributed by atoms with van der Waals surface area (Å²) in [5, 5.41) is 13.9. The number of hydrogen-bond acceptors (Lipinski definition) is 7. The molecule has 1 unspecified atom stereocenters. The topological polar surface area (TPSA) is 94.7 Å². The number of thiophene rings is 1. The van der Waals surface area contributed by atoms with Crippen LogP contribution in [-0.4, -0.2) is 59.2 Å². The van der Waals surface area contributed by atoms with Crippen molar-refractivity contribution in [1.82, 2.24) is 15.2 Å². The predicted octanol–water partition coefficient (Wildman–Crippen LogP) is 3.75. The second kappa shape index (κ2) is 9.41. The summed E-state index contributed by atoms with van der Waals surface area (Å²) in [7, 11) is 0. The van der Waals surface area contributed by atoms with Gasteiger partial charge in [-0.2, -0.15) is 0 Å². The van der Waals surface area contributed by atoms with Crippen LogP contribution in [-0.2, 0) is 12.8 Å². The van der Waals surface area contributed by atoms with Crippen molar-refractivity contribution in [3.63, 3.8) is 0 Å². The van der Waals surface area contributed by atoms with Crippen molar-refractivity contribution in [2.24, 2.45) is 0 Å². The number of carbonyl (C=O) groups excluding carboxylic acids is 1. The smallest absolute Gasteiger partial charge is 0.263 e. The van der Waals surface area contributed by atoms with Crippen molar-refractivity contribution in [3.8, 4) is 0 Å². The fraction of sp³-hybridized carbons (Fsp3) is 0.481. The minimum Gasteiger partial charge on any atom is -0.397 e. The van der Waals surface area contributed by atoms with Crippen LogP contribution in [0, 0.1) is 0 Å². The number of aryl methyl sites for hydroxylation is 1. The summed E-state index contributed by atoms with van der Waals surface area (Å²) in [6.07, 6.45) is 1.73. The molecular formula is C27H35N5O2S. The highest BCUT2D eigenvalue weighted by atomic mass is 32.1. The van der Waals surface area contributed by atoms with Crippen LogP contribution in [0.15, 0.2) is 30.3 Å². The first kappa shape index (κ1) is 24.0. The number of aromatic nitrogens is 1. The van der Waals surface area contributed by atoms with E-state index in [0.29, 0.717) is 28.4 Å². The molecule has 7 nitrogen and oxygen atoms in total. The van der Waals surface area contributed by atoms with E-state index in [4.69, 9.17) is 5.73 Å². The van der Waals surface area contributed by atoms with E-state index >= 15 is 0 Å². The normalized spacial score (nSPS) is 18.7. The third-order valence-electron chi connectivity index (χ3n) is 7.27. The Hall–Kier alpha value is -2.68. The standard InChI is InChI=1S/C27H35N5O2S/c1-27(2,3)32-14-12-31(13-15-32)19-7-4-17(5-8-19)10-11-29-25(34)24-22(28)20-16-18-6-9-21(33)23(18)30-26(20)35-24/h4-5,7-8,16,21,33H,6,9-15,28H2,1-3H3,(H,29,34). The fourth-order valence-electron chi connectivity index (χ4n) is 5.09. The molecule has 1 saturated heterocycles. The third kappa shape index (κ3) is 4.87. The molecule has 1 fully saturated rings. The van der Waals surface area contributed by atoms with Gasteiger partial charge in [-0.3, -0.25) is 9.69 Å². The summed E-state index contributed by atoms with van der Waals surface area (Å²) in [6.45, 7) is 11.6. The Kier molecular flexibility index (Phi) is 6.46. The molecule has 5 rings (SSSR count). The number of nitrogens with one attached hydrogen (secondary N) is 1. The zero-order chi connectivity index (χ0) is 24.7. The number of nitrogen functional groups attached to an aromatic ring is 1. The molecule has 8 heteroatoms. The van der Waals surface area contributed by atoms with Gasteiger partial charge in [-0.1, -0.05) is 12.1 Å². The quantitative estimate of drug-likeness (QED) is 0.501. The van der Waals surface area contributed by atoms with Crippen LogP contribution in [0.1, 0.15) is 59.8 Å². The van der Waals surface area contributed by atoms with Gasteiger partial charge in [0.2, 0.25) is 0 Å². The van der Waals surface area contributed by atoms with Crippen LogP contribution in [0.2, 0.25) is 0 Å². The molecule has 186 valence electrons. The van der Waals surface area contributed by atoms with Crippen molar-refractivity contribution >= 4 is 38.8 Å². The Balaban J connectivity index is 1.16.